The van der Waals surface area contributed by atoms with Crippen LogP contribution in [0, 0.1) is 35.0 Å². The highest BCUT2D eigenvalue weighted by molar-refractivity contribution is 5.16. The summed E-state index contributed by atoms with van der Waals surface area (Å²) in [6, 6.07) is 0. The predicted molar refractivity (Wildman–Crippen MR) is 87.5 cm³/mol. The summed E-state index contributed by atoms with van der Waals surface area (Å²) in [5.74, 6) is 4.40. The molecule has 1 unspecified atom stereocenters. The third kappa shape index (κ3) is 2.20. The van der Waals surface area contributed by atoms with Crippen LogP contribution in [0.5, 0.6) is 0 Å². The fraction of sp³-hybridized carbons (Fsp3) is 0.800. The zero-order valence-electron chi connectivity index (χ0n) is 13.9. The highest BCUT2D eigenvalue weighted by atomic mass is 14.5. The molecule has 20 heavy (non-hydrogen) atoms. The normalized spacial score (nSPS) is 48.0. The smallest absolute Gasteiger partial charge is 0.0172 e. The van der Waals surface area contributed by atoms with Gasteiger partial charge in [0.1, 0.15) is 0 Å². The van der Waals surface area contributed by atoms with Crippen molar-refractivity contribution in [2.75, 3.05) is 0 Å². The van der Waals surface area contributed by atoms with Crippen molar-refractivity contribution in [2.24, 2.45) is 35.0 Å². The molecule has 3 aliphatic rings. The molecule has 0 N–H and O–H groups in total. The fourth-order valence-corrected chi connectivity index (χ4v) is 5.83. The van der Waals surface area contributed by atoms with Crippen LogP contribution < -0.4 is 0 Å². The summed E-state index contributed by atoms with van der Waals surface area (Å²) >= 11 is 0. The van der Waals surface area contributed by atoms with Crippen LogP contribution in [-0.4, -0.2) is 0 Å². The molecule has 112 valence electrons. The quantitative estimate of drug-likeness (QED) is 0.514. The molecule has 0 spiro atoms. The summed E-state index contributed by atoms with van der Waals surface area (Å²) in [5, 5.41) is 0. The van der Waals surface area contributed by atoms with E-state index in [9.17, 15) is 0 Å². The predicted octanol–water partition coefficient (Wildman–Crippen LogP) is 6.00. The number of fused-ring (bicyclic) bond motifs is 2. The largest absolute Gasteiger partial charge is 0.0998 e. The molecule has 0 heterocycles. The summed E-state index contributed by atoms with van der Waals surface area (Å²) in [5.41, 5.74) is 3.71. The number of rotatable bonds is 1. The fourth-order valence-electron chi connectivity index (χ4n) is 5.83. The minimum atomic E-state index is 0.572. The molecule has 0 saturated heterocycles. The van der Waals surface area contributed by atoms with Crippen LogP contribution in [0.25, 0.3) is 0 Å². The lowest BCUT2D eigenvalue weighted by atomic mass is 9.64. The number of hydrogen-bond donors (Lipinski definition) is 0. The number of hydrogen-bond acceptors (Lipinski definition) is 0. The molecule has 3 aliphatic carbocycles. The zero-order valence-corrected chi connectivity index (χ0v) is 13.9. The van der Waals surface area contributed by atoms with Gasteiger partial charge in [-0.25, -0.2) is 0 Å². The van der Waals surface area contributed by atoms with E-state index in [1.54, 1.807) is 5.57 Å². The van der Waals surface area contributed by atoms with Crippen LogP contribution in [0.15, 0.2) is 23.8 Å². The van der Waals surface area contributed by atoms with Crippen molar-refractivity contribution in [3.05, 3.63) is 23.8 Å². The van der Waals surface area contributed by atoms with Crippen LogP contribution in [0.3, 0.4) is 0 Å². The van der Waals surface area contributed by atoms with Gasteiger partial charge in [0.05, 0.1) is 0 Å². The van der Waals surface area contributed by atoms with Crippen LogP contribution in [0.4, 0.5) is 0 Å². The summed E-state index contributed by atoms with van der Waals surface area (Å²) in [6.45, 7) is 14.1. The molecule has 0 bridgehead atoms. The van der Waals surface area contributed by atoms with Gasteiger partial charge in [0, 0.05) is 0 Å². The maximum atomic E-state index is 4.29. The second-order valence-corrected chi connectivity index (χ2v) is 8.46. The lowest BCUT2D eigenvalue weighted by Gasteiger charge is -2.41. The summed E-state index contributed by atoms with van der Waals surface area (Å²) < 4.78 is 0. The van der Waals surface area contributed by atoms with E-state index in [0.717, 1.165) is 29.6 Å². The molecule has 2 saturated carbocycles. The Labute approximate surface area is 125 Å². The van der Waals surface area contributed by atoms with Gasteiger partial charge in [0.2, 0.25) is 0 Å². The van der Waals surface area contributed by atoms with E-state index >= 15 is 0 Å². The Morgan fingerprint density at radius 2 is 2.05 bits per heavy atom. The van der Waals surface area contributed by atoms with Crippen LogP contribution in [0.2, 0.25) is 0 Å². The summed E-state index contributed by atoms with van der Waals surface area (Å²) in [6.07, 6.45) is 11.1. The first kappa shape index (κ1) is 14.4. The topological polar surface area (TPSA) is 0 Å². The zero-order chi connectivity index (χ0) is 14.5. The van der Waals surface area contributed by atoms with Crippen LogP contribution in [-0.2, 0) is 0 Å². The van der Waals surface area contributed by atoms with Gasteiger partial charge in [-0.3, -0.25) is 0 Å². The highest BCUT2D eigenvalue weighted by Crippen LogP contribution is 2.58. The van der Waals surface area contributed by atoms with Crippen molar-refractivity contribution in [1.82, 2.24) is 0 Å². The van der Waals surface area contributed by atoms with Crippen LogP contribution in [0.1, 0.15) is 66.2 Å². The van der Waals surface area contributed by atoms with E-state index < -0.39 is 0 Å². The van der Waals surface area contributed by atoms with Gasteiger partial charge in [-0.2, -0.15) is 0 Å². The average molecular weight is 272 g/mol. The Hall–Kier alpha value is -0.520. The molecule has 0 aromatic carbocycles. The molecule has 0 aromatic rings. The molecule has 3 rings (SSSR count). The second-order valence-electron chi connectivity index (χ2n) is 8.46. The third-order valence-corrected chi connectivity index (χ3v) is 7.20. The molecule has 0 aromatic heterocycles. The number of allylic oxidation sites excluding steroid dienone is 3. The van der Waals surface area contributed by atoms with E-state index in [1.807, 2.05) is 0 Å². The maximum Gasteiger partial charge on any atom is -0.0172 e. The van der Waals surface area contributed by atoms with E-state index in [4.69, 9.17) is 0 Å². The molecule has 6 atom stereocenters. The third-order valence-electron chi connectivity index (χ3n) is 7.20. The minimum absolute atomic E-state index is 0.572. The lowest BCUT2D eigenvalue weighted by Crippen LogP contribution is -2.32. The second kappa shape index (κ2) is 5.04. The molecular weight excluding hydrogens is 240 g/mol. The van der Waals surface area contributed by atoms with Gasteiger partial charge >= 0.3 is 0 Å². The van der Waals surface area contributed by atoms with E-state index in [-0.39, 0.29) is 0 Å². The maximum absolute atomic E-state index is 4.29. The van der Waals surface area contributed by atoms with Crippen molar-refractivity contribution >= 4 is 0 Å². The van der Waals surface area contributed by atoms with E-state index in [0.29, 0.717) is 5.41 Å². The minimum Gasteiger partial charge on any atom is -0.0998 e. The van der Waals surface area contributed by atoms with Crippen LogP contribution >= 0.6 is 0 Å². The molecule has 0 nitrogen and oxygen atoms in total. The highest BCUT2D eigenvalue weighted by Gasteiger charge is 2.49. The summed E-state index contributed by atoms with van der Waals surface area (Å²) in [4.78, 5) is 0. The Balaban J connectivity index is 1.94. The van der Waals surface area contributed by atoms with Gasteiger partial charge in [-0.05, 0) is 87.4 Å². The van der Waals surface area contributed by atoms with Crippen molar-refractivity contribution in [3.8, 4) is 0 Å². The van der Waals surface area contributed by atoms with E-state index in [1.165, 1.54) is 44.1 Å². The van der Waals surface area contributed by atoms with Gasteiger partial charge < -0.3 is 0 Å². The molecule has 0 radical (unpaired) electrons. The van der Waals surface area contributed by atoms with Gasteiger partial charge in [-0.15, -0.1) is 0 Å². The Morgan fingerprint density at radius 1 is 1.30 bits per heavy atom. The summed E-state index contributed by atoms with van der Waals surface area (Å²) in [7, 11) is 0. The monoisotopic (exact) mass is 272 g/mol. The lowest BCUT2D eigenvalue weighted by molar-refractivity contribution is 0.124. The molecular formula is C20H32. The SMILES string of the molecule is C=C(C)[C@H]1CC[C@]2(C)C[C@@H]3[C@H](C)CC[C@@H]3C(C)=CCC12. The Kier molecular flexibility index (Phi) is 3.63. The average Bonchev–Trinajstić information content (AvgIpc) is 2.88. The Bertz CT molecular complexity index is 429. The van der Waals surface area contributed by atoms with Gasteiger partial charge in [0.15, 0.2) is 0 Å². The molecule has 0 aliphatic heterocycles. The van der Waals surface area contributed by atoms with Crippen molar-refractivity contribution in [2.45, 2.75) is 66.2 Å². The molecule has 0 amide bonds. The van der Waals surface area contributed by atoms with Crippen molar-refractivity contribution < 1.29 is 0 Å². The first-order chi connectivity index (χ1) is 9.42. The van der Waals surface area contributed by atoms with Gasteiger partial charge in [-0.1, -0.05) is 37.6 Å². The van der Waals surface area contributed by atoms with E-state index in [2.05, 4.69) is 40.3 Å². The Morgan fingerprint density at radius 3 is 2.75 bits per heavy atom. The first-order valence-corrected chi connectivity index (χ1v) is 8.74. The molecule has 2 fully saturated rings. The molecule has 0 heteroatoms. The van der Waals surface area contributed by atoms with Crippen molar-refractivity contribution in [1.29, 1.82) is 0 Å². The standard InChI is InChI=1S/C20H32/c1-13(2)16-10-11-20(5)12-18-15(4)6-8-17(18)14(3)7-9-19(16)20/h7,15-19H,1,6,8-12H2,2-5H3/t15-,16-,17-,18-,19?,20-/m1/s1. The van der Waals surface area contributed by atoms with Crippen molar-refractivity contribution in [3.63, 3.8) is 0 Å². The van der Waals surface area contributed by atoms with Gasteiger partial charge in [0.25, 0.3) is 0 Å². The first-order valence-electron chi connectivity index (χ1n) is 8.74.